The molecular formula is C13H17F2N5O. The molecule has 0 aromatic carbocycles. The van der Waals surface area contributed by atoms with Gasteiger partial charge in [0, 0.05) is 18.9 Å². The zero-order chi connectivity index (χ0) is 15.6. The quantitative estimate of drug-likeness (QED) is 0.889. The van der Waals surface area contributed by atoms with Crippen LogP contribution >= 0.6 is 0 Å². The van der Waals surface area contributed by atoms with Gasteiger partial charge in [-0.25, -0.2) is 13.8 Å². The number of aromatic nitrogens is 4. The van der Waals surface area contributed by atoms with Gasteiger partial charge in [-0.2, -0.15) is 5.10 Å². The molecule has 0 radical (unpaired) electrons. The number of carbonyl (C=O) groups excluding carboxylic acids is 1. The maximum Gasteiger partial charge on any atom is 0.282 e. The van der Waals surface area contributed by atoms with Crippen LogP contribution in [-0.2, 0) is 7.05 Å². The van der Waals surface area contributed by atoms with Gasteiger partial charge in [0.2, 0.25) is 0 Å². The number of nitrogens with zero attached hydrogens (tertiary/aromatic N) is 3. The van der Waals surface area contributed by atoms with Crippen molar-refractivity contribution in [2.45, 2.75) is 32.7 Å². The highest BCUT2D eigenvalue weighted by atomic mass is 19.3. The lowest BCUT2D eigenvalue weighted by Crippen LogP contribution is -2.30. The molecule has 0 spiro atoms. The van der Waals surface area contributed by atoms with Gasteiger partial charge in [-0.3, -0.25) is 9.48 Å². The molecule has 2 aromatic rings. The molecule has 2 N–H and O–H groups in total. The summed E-state index contributed by atoms with van der Waals surface area (Å²) in [5.41, 5.74) is 0.565. The van der Waals surface area contributed by atoms with E-state index < -0.39 is 18.0 Å². The van der Waals surface area contributed by atoms with Crippen LogP contribution in [0.5, 0.6) is 0 Å². The number of halogens is 2. The minimum atomic E-state index is -2.70. The lowest BCUT2D eigenvalue weighted by Gasteiger charge is -2.14. The summed E-state index contributed by atoms with van der Waals surface area (Å²) in [7, 11) is 1.46. The molecule has 0 aliphatic heterocycles. The number of amides is 1. The van der Waals surface area contributed by atoms with Gasteiger partial charge in [-0.15, -0.1) is 0 Å². The van der Waals surface area contributed by atoms with Crippen molar-refractivity contribution in [3.8, 4) is 0 Å². The first-order valence-corrected chi connectivity index (χ1v) is 6.56. The normalized spacial score (nSPS) is 12.7. The standard InChI is InChI=1S/C13H17F2N5O/c1-4-8(12-16-6-7(2)17-12)18-13(21)10-5-9(11(14)15)19-20(10)3/h5-6,8,11H,4H2,1-3H3,(H,16,17)(H,18,21)/t8-/m0/s1. The van der Waals surface area contributed by atoms with Crippen LogP contribution in [0.25, 0.3) is 0 Å². The average molecular weight is 297 g/mol. The van der Waals surface area contributed by atoms with E-state index in [1.54, 1.807) is 6.20 Å². The summed E-state index contributed by atoms with van der Waals surface area (Å²) in [5, 5.41) is 6.39. The Kier molecular flexibility index (Phi) is 4.35. The molecule has 0 saturated heterocycles. The fourth-order valence-electron chi connectivity index (χ4n) is 2.01. The number of aryl methyl sites for hydroxylation is 2. The summed E-state index contributed by atoms with van der Waals surface area (Å²) in [6.45, 7) is 3.76. The minimum Gasteiger partial charge on any atom is -0.344 e. The van der Waals surface area contributed by atoms with Crippen LogP contribution in [-0.4, -0.2) is 25.7 Å². The fourth-order valence-corrected chi connectivity index (χ4v) is 2.01. The molecule has 2 aromatic heterocycles. The van der Waals surface area contributed by atoms with Crippen molar-refractivity contribution < 1.29 is 13.6 Å². The zero-order valence-corrected chi connectivity index (χ0v) is 12.0. The molecular weight excluding hydrogens is 280 g/mol. The zero-order valence-electron chi connectivity index (χ0n) is 12.0. The number of hydrogen-bond donors (Lipinski definition) is 2. The minimum absolute atomic E-state index is 0.0898. The Hall–Kier alpha value is -2.25. The molecule has 114 valence electrons. The van der Waals surface area contributed by atoms with Gasteiger partial charge in [0.25, 0.3) is 12.3 Å². The third kappa shape index (κ3) is 3.26. The van der Waals surface area contributed by atoms with E-state index in [0.717, 1.165) is 16.4 Å². The maximum atomic E-state index is 12.6. The third-order valence-electron chi connectivity index (χ3n) is 3.12. The predicted molar refractivity (Wildman–Crippen MR) is 72.0 cm³/mol. The molecule has 0 aliphatic rings. The van der Waals surface area contributed by atoms with E-state index >= 15 is 0 Å². The third-order valence-corrected chi connectivity index (χ3v) is 3.12. The Morgan fingerprint density at radius 2 is 2.24 bits per heavy atom. The van der Waals surface area contributed by atoms with Crippen LogP contribution in [0.3, 0.4) is 0 Å². The first-order chi connectivity index (χ1) is 9.92. The highest BCUT2D eigenvalue weighted by Gasteiger charge is 2.21. The first kappa shape index (κ1) is 15.1. The molecule has 21 heavy (non-hydrogen) atoms. The number of nitrogens with one attached hydrogen (secondary N) is 2. The van der Waals surface area contributed by atoms with Gasteiger partial charge < -0.3 is 10.3 Å². The maximum absolute atomic E-state index is 12.6. The summed E-state index contributed by atoms with van der Waals surface area (Å²) >= 11 is 0. The van der Waals surface area contributed by atoms with Crippen LogP contribution in [0.15, 0.2) is 12.3 Å². The van der Waals surface area contributed by atoms with E-state index in [0.29, 0.717) is 12.2 Å². The molecule has 1 atom stereocenters. The molecule has 8 heteroatoms. The monoisotopic (exact) mass is 297 g/mol. The Morgan fingerprint density at radius 1 is 1.52 bits per heavy atom. The summed E-state index contributed by atoms with van der Waals surface area (Å²) in [4.78, 5) is 19.4. The van der Waals surface area contributed by atoms with Crippen molar-refractivity contribution in [1.82, 2.24) is 25.1 Å². The van der Waals surface area contributed by atoms with Crippen molar-refractivity contribution in [3.63, 3.8) is 0 Å². The summed E-state index contributed by atoms with van der Waals surface area (Å²) in [6.07, 6.45) is -0.408. The fraction of sp³-hybridized carbons (Fsp3) is 0.462. The van der Waals surface area contributed by atoms with Gasteiger partial charge in [-0.05, 0) is 19.4 Å². The number of hydrogen-bond acceptors (Lipinski definition) is 3. The van der Waals surface area contributed by atoms with Gasteiger partial charge in [0.05, 0.1) is 6.04 Å². The summed E-state index contributed by atoms with van der Waals surface area (Å²) in [6, 6.07) is 0.788. The van der Waals surface area contributed by atoms with E-state index in [9.17, 15) is 13.6 Å². The van der Waals surface area contributed by atoms with Crippen molar-refractivity contribution in [3.05, 3.63) is 35.2 Å². The van der Waals surface area contributed by atoms with Gasteiger partial charge in [-0.1, -0.05) is 6.92 Å². The molecule has 0 unspecified atom stereocenters. The number of rotatable bonds is 5. The Labute approximate surface area is 120 Å². The van der Waals surface area contributed by atoms with E-state index in [1.165, 1.54) is 7.05 Å². The van der Waals surface area contributed by atoms with Crippen molar-refractivity contribution in [2.75, 3.05) is 0 Å². The van der Waals surface area contributed by atoms with Gasteiger partial charge >= 0.3 is 0 Å². The van der Waals surface area contributed by atoms with Crippen LogP contribution in [0, 0.1) is 6.92 Å². The summed E-state index contributed by atoms with van der Waals surface area (Å²) < 4.78 is 26.3. The molecule has 1 amide bonds. The molecule has 0 saturated carbocycles. The smallest absolute Gasteiger partial charge is 0.282 e. The Bertz CT molecular complexity index is 634. The molecule has 0 aliphatic carbocycles. The highest BCUT2D eigenvalue weighted by molar-refractivity contribution is 5.92. The number of carbonyl (C=O) groups is 1. The van der Waals surface area contributed by atoms with Crippen LogP contribution in [0.2, 0.25) is 0 Å². The second-order valence-corrected chi connectivity index (χ2v) is 4.76. The van der Waals surface area contributed by atoms with Crippen LogP contribution in [0.1, 0.15) is 53.5 Å². The number of H-pyrrole nitrogens is 1. The van der Waals surface area contributed by atoms with Crippen molar-refractivity contribution in [1.29, 1.82) is 0 Å². The van der Waals surface area contributed by atoms with Crippen LogP contribution < -0.4 is 5.32 Å². The Balaban J connectivity index is 2.16. The van der Waals surface area contributed by atoms with Gasteiger partial charge in [0.15, 0.2) is 0 Å². The number of alkyl halides is 2. The number of aromatic amines is 1. The lowest BCUT2D eigenvalue weighted by molar-refractivity contribution is 0.0924. The summed E-state index contributed by atoms with van der Waals surface area (Å²) in [5.74, 6) is 0.178. The van der Waals surface area contributed by atoms with Gasteiger partial charge in [0.1, 0.15) is 17.2 Å². The molecule has 0 bridgehead atoms. The largest absolute Gasteiger partial charge is 0.344 e. The second-order valence-electron chi connectivity index (χ2n) is 4.76. The predicted octanol–water partition coefficient (Wildman–Crippen LogP) is 2.27. The molecule has 2 heterocycles. The molecule has 2 rings (SSSR count). The van der Waals surface area contributed by atoms with E-state index in [1.807, 2.05) is 13.8 Å². The van der Waals surface area contributed by atoms with E-state index in [-0.39, 0.29) is 11.7 Å². The average Bonchev–Trinajstić information content (AvgIpc) is 3.02. The topological polar surface area (TPSA) is 75.6 Å². The first-order valence-electron chi connectivity index (χ1n) is 6.56. The van der Waals surface area contributed by atoms with Crippen molar-refractivity contribution in [2.24, 2.45) is 7.05 Å². The van der Waals surface area contributed by atoms with Crippen LogP contribution in [0.4, 0.5) is 8.78 Å². The van der Waals surface area contributed by atoms with Crippen molar-refractivity contribution >= 4 is 5.91 Å². The Morgan fingerprint density at radius 3 is 2.71 bits per heavy atom. The molecule has 6 nitrogen and oxygen atoms in total. The highest BCUT2D eigenvalue weighted by Crippen LogP contribution is 2.19. The second kappa shape index (κ2) is 6.02. The lowest BCUT2D eigenvalue weighted by atomic mass is 10.2. The van der Waals surface area contributed by atoms with E-state index in [2.05, 4.69) is 20.4 Å². The SMILES string of the molecule is CC[C@H](NC(=O)c1cc(C(F)F)nn1C)c1ncc(C)[nH]1. The van der Waals surface area contributed by atoms with E-state index in [4.69, 9.17) is 0 Å². The molecule has 0 fully saturated rings. The number of imidazole rings is 1.